The fraction of sp³-hybridized carbons (Fsp3) is 0.200. The Morgan fingerprint density at radius 2 is 1.68 bits per heavy atom. The molecule has 0 radical (unpaired) electrons. The number of halogens is 1. The fourth-order valence-electron chi connectivity index (χ4n) is 1.67. The predicted octanol–water partition coefficient (Wildman–Crippen LogP) is 3.53. The zero-order chi connectivity index (χ0) is 13.7. The standard InChI is InChI=1S/C15H15BrO3/c1-18-15-8-12(9-17)4-7-14(15)19-10-11-2-5-13(16)6-3-11/h2-8,17H,9-10H2,1H3. The predicted molar refractivity (Wildman–Crippen MR) is 77.4 cm³/mol. The van der Waals surface area contributed by atoms with E-state index in [1.54, 1.807) is 13.2 Å². The minimum Gasteiger partial charge on any atom is -0.493 e. The van der Waals surface area contributed by atoms with Gasteiger partial charge in [0.2, 0.25) is 0 Å². The third-order valence-corrected chi connectivity index (χ3v) is 3.25. The molecule has 4 heteroatoms. The zero-order valence-electron chi connectivity index (χ0n) is 10.6. The Morgan fingerprint density at radius 3 is 2.32 bits per heavy atom. The van der Waals surface area contributed by atoms with Gasteiger partial charge in [0, 0.05) is 4.47 Å². The van der Waals surface area contributed by atoms with Gasteiger partial charge in [0.25, 0.3) is 0 Å². The van der Waals surface area contributed by atoms with Gasteiger partial charge >= 0.3 is 0 Å². The normalized spacial score (nSPS) is 10.3. The van der Waals surface area contributed by atoms with Gasteiger partial charge in [-0.05, 0) is 35.4 Å². The second kappa shape index (κ2) is 6.59. The van der Waals surface area contributed by atoms with Crippen molar-refractivity contribution in [1.29, 1.82) is 0 Å². The van der Waals surface area contributed by atoms with Crippen LogP contribution < -0.4 is 9.47 Å². The summed E-state index contributed by atoms with van der Waals surface area (Å²) in [7, 11) is 1.59. The summed E-state index contributed by atoms with van der Waals surface area (Å²) >= 11 is 3.40. The van der Waals surface area contributed by atoms with E-state index >= 15 is 0 Å². The van der Waals surface area contributed by atoms with Crippen molar-refractivity contribution < 1.29 is 14.6 Å². The molecule has 0 atom stereocenters. The maximum atomic E-state index is 9.08. The molecule has 0 aliphatic heterocycles. The number of aliphatic hydroxyl groups excluding tert-OH is 1. The number of aliphatic hydroxyl groups is 1. The molecule has 0 amide bonds. The number of methoxy groups -OCH3 is 1. The van der Waals surface area contributed by atoms with Crippen LogP contribution in [0.3, 0.4) is 0 Å². The molecule has 0 heterocycles. The van der Waals surface area contributed by atoms with Gasteiger partial charge < -0.3 is 14.6 Å². The monoisotopic (exact) mass is 322 g/mol. The minimum atomic E-state index is -0.0106. The summed E-state index contributed by atoms with van der Waals surface area (Å²) in [6.07, 6.45) is 0. The molecule has 0 spiro atoms. The summed E-state index contributed by atoms with van der Waals surface area (Å²) in [6, 6.07) is 13.4. The molecule has 0 aliphatic carbocycles. The molecule has 2 aromatic carbocycles. The van der Waals surface area contributed by atoms with Crippen LogP contribution in [0.4, 0.5) is 0 Å². The Bertz CT molecular complexity index is 538. The summed E-state index contributed by atoms with van der Waals surface area (Å²) in [4.78, 5) is 0. The first-order valence-corrected chi connectivity index (χ1v) is 6.67. The average molecular weight is 323 g/mol. The average Bonchev–Trinajstić information content (AvgIpc) is 2.46. The van der Waals surface area contributed by atoms with E-state index in [9.17, 15) is 0 Å². The Labute approximate surface area is 120 Å². The first-order valence-electron chi connectivity index (χ1n) is 5.88. The van der Waals surface area contributed by atoms with Crippen LogP contribution in [0.15, 0.2) is 46.9 Å². The SMILES string of the molecule is COc1cc(CO)ccc1OCc1ccc(Br)cc1. The van der Waals surface area contributed by atoms with E-state index in [0.717, 1.165) is 15.6 Å². The lowest BCUT2D eigenvalue weighted by Crippen LogP contribution is -1.98. The molecule has 0 aromatic heterocycles. The van der Waals surface area contributed by atoms with Gasteiger partial charge in [-0.2, -0.15) is 0 Å². The summed E-state index contributed by atoms with van der Waals surface area (Å²) in [5.74, 6) is 1.30. The molecular weight excluding hydrogens is 308 g/mol. The molecule has 0 unspecified atom stereocenters. The van der Waals surface area contributed by atoms with Crippen LogP contribution in [0.25, 0.3) is 0 Å². The molecule has 0 aliphatic rings. The number of ether oxygens (including phenoxy) is 2. The Morgan fingerprint density at radius 1 is 1.00 bits per heavy atom. The molecule has 0 fully saturated rings. The van der Waals surface area contributed by atoms with Crippen LogP contribution in [-0.4, -0.2) is 12.2 Å². The van der Waals surface area contributed by atoms with Crippen molar-refractivity contribution in [1.82, 2.24) is 0 Å². The van der Waals surface area contributed by atoms with E-state index in [2.05, 4.69) is 15.9 Å². The lowest BCUT2D eigenvalue weighted by atomic mass is 10.2. The number of benzene rings is 2. The van der Waals surface area contributed by atoms with Gasteiger partial charge in [-0.25, -0.2) is 0 Å². The number of rotatable bonds is 5. The first kappa shape index (κ1) is 13.9. The third kappa shape index (κ3) is 3.72. The molecule has 100 valence electrons. The number of hydrogen-bond donors (Lipinski definition) is 1. The Hall–Kier alpha value is -1.52. The highest BCUT2D eigenvalue weighted by Gasteiger charge is 2.05. The maximum Gasteiger partial charge on any atom is 0.161 e. The highest BCUT2D eigenvalue weighted by Crippen LogP contribution is 2.28. The second-order valence-electron chi connectivity index (χ2n) is 4.06. The van der Waals surface area contributed by atoms with Crippen LogP contribution >= 0.6 is 15.9 Å². The molecule has 1 N–H and O–H groups in total. The molecule has 2 rings (SSSR count). The maximum absolute atomic E-state index is 9.08. The lowest BCUT2D eigenvalue weighted by molar-refractivity contribution is 0.274. The van der Waals surface area contributed by atoms with Gasteiger partial charge in [-0.15, -0.1) is 0 Å². The summed E-state index contributed by atoms with van der Waals surface area (Å²) in [5, 5.41) is 9.08. The van der Waals surface area contributed by atoms with Crippen LogP contribution in [0, 0.1) is 0 Å². The number of hydrogen-bond acceptors (Lipinski definition) is 3. The Balaban J connectivity index is 2.08. The van der Waals surface area contributed by atoms with E-state index in [4.69, 9.17) is 14.6 Å². The van der Waals surface area contributed by atoms with Crippen LogP contribution in [0.5, 0.6) is 11.5 Å². The van der Waals surface area contributed by atoms with E-state index in [-0.39, 0.29) is 6.61 Å². The van der Waals surface area contributed by atoms with Crippen molar-refractivity contribution in [2.75, 3.05) is 7.11 Å². The van der Waals surface area contributed by atoms with Gasteiger partial charge in [0.05, 0.1) is 13.7 Å². The van der Waals surface area contributed by atoms with E-state index in [1.165, 1.54) is 0 Å². The second-order valence-corrected chi connectivity index (χ2v) is 4.97. The fourth-order valence-corrected chi connectivity index (χ4v) is 1.94. The van der Waals surface area contributed by atoms with E-state index in [1.807, 2.05) is 36.4 Å². The van der Waals surface area contributed by atoms with E-state index in [0.29, 0.717) is 18.1 Å². The smallest absolute Gasteiger partial charge is 0.161 e. The van der Waals surface area contributed by atoms with Crippen LogP contribution in [0.2, 0.25) is 0 Å². The van der Waals surface area contributed by atoms with Crippen molar-refractivity contribution in [2.45, 2.75) is 13.2 Å². The van der Waals surface area contributed by atoms with Crippen LogP contribution in [-0.2, 0) is 13.2 Å². The highest BCUT2D eigenvalue weighted by atomic mass is 79.9. The zero-order valence-corrected chi connectivity index (χ0v) is 12.2. The summed E-state index contributed by atoms with van der Waals surface area (Å²) in [6.45, 7) is 0.464. The van der Waals surface area contributed by atoms with Gasteiger partial charge in [-0.1, -0.05) is 34.1 Å². The van der Waals surface area contributed by atoms with Crippen molar-refractivity contribution in [2.24, 2.45) is 0 Å². The molecule has 0 saturated heterocycles. The minimum absolute atomic E-state index is 0.0106. The summed E-state index contributed by atoms with van der Waals surface area (Å²) in [5.41, 5.74) is 1.88. The molecule has 0 saturated carbocycles. The molecule has 19 heavy (non-hydrogen) atoms. The van der Waals surface area contributed by atoms with Crippen molar-refractivity contribution >= 4 is 15.9 Å². The van der Waals surface area contributed by atoms with Gasteiger partial charge in [0.15, 0.2) is 11.5 Å². The highest BCUT2D eigenvalue weighted by molar-refractivity contribution is 9.10. The topological polar surface area (TPSA) is 38.7 Å². The lowest BCUT2D eigenvalue weighted by Gasteiger charge is -2.11. The van der Waals surface area contributed by atoms with Crippen molar-refractivity contribution in [3.05, 3.63) is 58.1 Å². The summed E-state index contributed by atoms with van der Waals surface area (Å²) < 4.78 is 12.0. The largest absolute Gasteiger partial charge is 0.493 e. The van der Waals surface area contributed by atoms with Crippen molar-refractivity contribution in [3.63, 3.8) is 0 Å². The molecular formula is C15H15BrO3. The van der Waals surface area contributed by atoms with E-state index < -0.39 is 0 Å². The van der Waals surface area contributed by atoms with Gasteiger partial charge in [-0.3, -0.25) is 0 Å². The molecule has 3 nitrogen and oxygen atoms in total. The van der Waals surface area contributed by atoms with Crippen LogP contribution in [0.1, 0.15) is 11.1 Å². The van der Waals surface area contributed by atoms with Gasteiger partial charge in [0.1, 0.15) is 6.61 Å². The first-order chi connectivity index (χ1) is 9.22. The van der Waals surface area contributed by atoms with Crippen molar-refractivity contribution in [3.8, 4) is 11.5 Å². The third-order valence-electron chi connectivity index (χ3n) is 2.72. The Kier molecular flexibility index (Phi) is 4.82. The quantitative estimate of drug-likeness (QED) is 0.915. The molecule has 2 aromatic rings. The molecule has 0 bridgehead atoms.